The van der Waals surface area contributed by atoms with Crippen LogP contribution in [0.5, 0.6) is 0 Å². The SMILES string of the molecule is CC(C)(NS(=O)(=O)CCCCCl)C(N)=O. The van der Waals surface area contributed by atoms with E-state index in [0.717, 1.165) is 0 Å². The highest BCUT2D eigenvalue weighted by molar-refractivity contribution is 7.89. The number of hydrogen-bond donors (Lipinski definition) is 2. The molecule has 0 saturated heterocycles. The van der Waals surface area contributed by atoms with E-state index < -0.39 is 21.5 Å². The zero-order chi connectivity index (χ0) is 12.1. The highest BCUT2D eigenvalue weighted by Crippen LogP contribution is 2.05. The lowest BCUT2D eigenvalue weighted by Gasteiger charge is -2.21. The molecule has 0 atom stereocenters. The maximum atomic E-state index is 11.5. The van der Waals surface area contributed by atoms with Gasteiger partial charge in [0.15, 0.2) is 0 Å². The fourth-order valence-electron chi connectivity index (χ4n) is 0.877. The van der Waals surface area contributed by atoms with E-state index in [4.69, 9.17) is 17.3 Å². The van der Waals surface area contributed by atoms with Crippen LogP contribution in [0.25, 0.3) is 0 Å². The minimum atomic E-state index is -3.47. The molecule has 0 aromatic heterocycles. The van der Waals surface area contributed by atoms with Crippen LogP contribution in [0.4, 0.5) is 0 Å². The largest absolute Gasteiger partial charge is 0.368 e. The molecule has 5 nitrogen and oxygen atoms in total. The summed E-state index contributed by atoms with van der Waals surface area (Å²) in [5.41, 5.74) is 3.80. The highest BCUT2D eigenvalue weighted by atomic mass is 35.5. The van der Waals surface area contributed by atoms with Gasteiger partial charge in [-0.05, 0) is 26.7 Å². The fourth-order valence-corrected chi connectivity index (χ4v) is 2.63. The van der Waals surface area contributed by atoms with E-state index in [1.165, 1.54) is 13.8 Å². The normalized spacial score (nSPS) is 12.7. The molecule has 0 aliphatic rings. The molecule has 0 radical (unpaired) electrons. The van der Waals surface area contributed by atoms with Crippen LogP contribution in [0, 0.1) is 0 Å². The van der Waals surface area contributed by atoms with Crippen molar-refractivity contribution in [2.24, 2.45) is 5.73 Å². The second kappa shape index (κ2) is 5.67. The third-order valence-electron chi connectivity index (χ3n) is 1.82. The molecule has 0 aliphatic carbocycles. The Hall–Kier alpha value is -0.330. The second-order valence-corrected chi connectivity index (χ2v) is 6.03. The summed E-state index contributed by atoms with van der Waals surface area (Å²) in [6, 6.07) is 0. The van der Waals surface area contributed by atoms with Gasteiger partial charge < -0.3 is 5.73 Å². The van der Waals surface area contributed by atoms with Gasteiger partial charge in [-0.15, -0.1) is 11.6 Å². The Morgan fingerprint density at radius 3 is 2.33 bits per heavy atom. The van der Waals surface area contributed by atoms with Gasteiger partial charge in [0.2, 0.25) is 15.9 Å². The topological polar surface area (TPSA) is 89.3 Å². The van der Waals surface area contributed by atoms with Gasteiger partial charge in [0.25, 0.3) is 0 Å². The van der Waals surface area contributed by atoms with Crippen molar-refractivity contribution in [2.75, 3.05) is 11.6 Å². The molecule has 1 amide bonds. The number of hydrogen-bond acceptors (Lipinski definition) is 3. The summed E-state index contributed by atoms with van der Waals surface area (Å²) in [6.07, 6.45) is 1.09. The van der Waals surface area contributed by atoms with Crippen molar-refractivity contribution in [3.8, 4) is 0 Å². The first-order valence-electron chi connectivity index (χ1n) is 4.59. The first-order chi connectivity index (χ1) is 6.71. The van der Waals surface area contributed by atoms with Crippen LogP contribution in [-0.4, -0.2) is 31.5 Å². The zero-order valence-electron chi connectivity index (χ0n) is 8.92. The average molecular weight is 257 g/mol. The lowest BCUT2D eigenvalue weighted by atomic mass is 10.1. The first kappa shape index (κ1) is 14.7. The van der Waals surface area contributed by atoms with E-state index >= 15 is 0 Å². The number of halogens is 1. The van der Waals surface area contributed by atoms with Gasteiger partial charge in [-0.25, -0.2) is 13.1 Å². The quantitative estimate of drug-likeness (QED) is 0.503. The molecule has 0 fully saturated rings. The van der Waals surface area contributed by atoms with Crippen LogP contribution >= 0.6 is 11.6 Å². The fraction of sp³-hybridized carbons (Fsp3) is 0.875. The molecule has 0 spiro atoms. The molecule has 0 aliphatic heterocycles. The van der Waals surface area contributed by atoms with E-state index in [2.05, 4.69) is 4.72 Å². The van der Waals surface area contributed by atoms with Gasteiger partial charge in [0, 0.05) is 5.88 Å². The molecule has 15 heavy (non-hydrogen) atoms. The molecule has 3 N–H and O–H groups in total. The van der Waals surface area contributed by atoms with Crippen molar-refractivity contribution in [1.82, 2.24) is 4.72 Å². The van der Waals surface area contributed by atoms with Gasteiger partial charge in [-0.3, -0.25) is 4.79 Å². The van der Waals surface area contributed by atoms with E-state index in [-0.39, 0.29) is 5.75 Å². The van der Waals surface area contributed by atoms with Crippen molar-refractivity contribution >= 4 is 27.5 Å². The standard InChI is InChI=1S/C8H17ClN2O3S/c1-8(2,7(10)12)11-15(13,14)6-4-3-5-9/h11H,3-6H2,1-2H3,(H2,10,12). The monoisotopic (exact) mass is 256 g/mol. The maximum absolute atomic E-state index is 11.5. The lowest BCUT2D eigenvalue weighted by Crippen LogP contribution is -2.53. The molecule has 90 valence electrons. The Morgan fingerprint density at radius 1 is 1.40 bits per heavy atom. The van der Waals surface area contributed by atoms with E-state index in [1.807, 2.05) is 0 Å². The van der Waals surface area contributed by atoms with Crippen molar-refractivity contribution in [3.63, 3.8) is 0 Å². The Balaban J connectivity index is 4.32. The number of nitrogens with two attached hydrogens (primary N) is 1. The van der Waals surface area contributed by atoms with E-state index in [1.54, 1.807) is 0 Å². The third kappa shape index (κ3) is 5.96. The van der Waals surface area contributed by atoms with Crippen LogP contribution in [0.2, 0.25) is 0 Å². The smallest absolute Gasteiger partial charge is 0.238 e. The predicted octanol–water partition coefficient (Wildman–Crippen LogP) is 0.189. The molecule has 7 heteroatoms. The summed E-state index contributed by atoms with van der Waals surface area (Å²) >= 11 is 5.42. The number of unbranched alkanes of at least 4 members (excludes halogenated alkanes) is 1. The van der Waals surface area contributed by atoms with Gasteiger partial charge in [-0.2, -0.15) is 0 Å². The Morgan fingerprint density at radius 2 is 1.93 bits per heavy atom. The van der Waals surface area contributed by atoms with Crippen LogP contribution in [0.1, 0.15) is 26.7 Å². The zero-order valence-corrected chi connectivity index (χ0v) is 10.5. The summed E-state index contributed by atoms with van der Waals surface area (Å²) in [4.78, 5) is 10.9. The predicted molar refractivity (Wildman–Crippen MR) is 60.1 cm³/mol. The summed E-state index contributed by atoms with van der Waals surface area (Å²) in [7, 11) is -3.47. The number of nitrogens with one attached hydrogen (secondary N) is 1. The molecule has 0 bridgehead atoms. The molecular formula is C8H17ClN2O3S. The molecule has 0 heterocycles. The van der Waals surface area contributed by atoms with Gasteiger partial charge in [0.05, 0.1) is 5.75 Å². The van der Waals surface area contributed by atoms with Crippen molar-refractivity contribution in [1.29, 1.82) is 0 Å². The maximum Gasteiger partial charge on any atom is 0.238 e. The van der Waals surface area contributed by atoms with Crippen molar-refractivity contribution in [2.45, 2.75) is 32.2 Å². The number of carbonyl (C=O) groups excluding carboxylic acids is 1. The van der Waals surface area contributed by atoms with Crippen LogP contribution in [-0.2, 0) is 14.8 Å². The molecule has 0 aromatic rings. The second-order valence-electron chi connectivity index (χ2n) is 3.81. The Kier molecular flexibility index (Phi) is 5.55. The highest BCUT2D eigenvalue weighted by Gasteiger charge is 2.29. The van der Waals surface area contributed by atoms with Crippen LogP contribution < -0.4 is 10.5 Å². The number of primary amides is 1. The lowest BCUT2D eigenvalue weighted by molar-refractivity contribution is -0.122. The minimum Gasteiger partial charge on any atom is -0.368 e. The minimum absolute atomic E-state index is 0.0452. The number of sulfonamides is 1. The molecule has 0 unspecified atom stereocenters. The Labute approximate surface area is 95.4 Å². The number of rotatable bonds is 7. The van der Waals surface area contributed by atoms with E-state index in [0.29, 0.717) is 18.7 Å². The number of carbonyl (C=O) groups is 1. The Bertz CT molecular complexity index is 314. The molecule has 0 saturated carbocycles. The van der Waals surface area contributed by atoms with Crippen molar-refractivity contribution < 1.29 is 13.2 Å². The van der Waals surface area contributed by atoms with Crippen LogP contribution in [0.15, 0.2) is 0 Å². The number of alkyl halides is 1. The summed E-state index contributed by atoms with van der Waals surface area (Å²) in [6.45, 7) is 2.85. The molecule has 0 rings (SSSR count). The third-order valence-corrected chi connectivity index (χ3v) is 3.74. The number of amides is 1. The van der Waals surface area contributed by atoms with Crippen LogP contribution in [0.3, 0.4) is 0 Å². The molecule has 0 aromatic carbocycles. The van der Waals surface area contributed by atoms with E-state index in [9.17, 15) is 13.2 Å². The van der Waals surface area contributed by atoms with Crippen molar-refractivity contribution in [3.05, 3.63) is 0 Å². The summed E-state index contributed by atoms with van der Waals surface area (Å²) < 4.78 is 25.2. The van der Waals surface area contributed by atoms with Gasteiger partial charge in [0.1, 0.15) is 5.54 Å². The summed E-state index contributed by atoms with van der Waals surface area (Å²) in [5.74, 6) is -0.325. The molecular weight excluding hydrogens is 240 g/mol. The average Bonchev–Trinajstić information content (AvgIpc) is 2.01. The first-order valence-corrected chi connectivity index (χ1v) is 6.77. The summed E-state index contributed by atoms with van der Waals surface area (Å²) in [5, 5.41) is 0. The van der Waals surface area contributed by atoms with Gasteiger partial charge in [-0.1, -0.05) is 0 Å². The van der Waals surface area contributed by atoms with Gasteiger partial charge >= 0.3 is 0 Å².